The number of nitrogens with zero attached hydrogens (tertiary/aromatic N) is 4. The molecule has 10 aromatic rings. The van der Waals surface area contributed by atoms with Crippen LogP contribution in [-0.4, -0.2) is 27.6 Å². The highest BCUT2D eigenvalue weighted by Crippen LogP contribution is 2.33. The first-order chi connectivity index (χ1) is 27.8. The number of hydrogen-bond donors (Lipinski definition) is 0. The molecule has 0 fully saturated rings. The van der Waals surface area contributed by atoms with E-state index in [0.29, 0.717) is 17.5 Å². The molecule has 0 saturated carbocycles. The zero-order chi connectivity index (χ0) is 37.3. The van der Waals surface area contributed by atoms with Gasteiger partial charge in [0.1, 0.15) is 0 Å². The third kappa shape index (κ3) is 5.73. The van der Waals surface area contributed by atoms with Gasteiger partial charge in [-0.05, 0) is 57.1 Å². The summed E-state index contributed by atoms with van der Waals surface area (Å²) >= 11 is 0. The van der Waals surface area contributed by atoms with Gasteiger partial charge < -0.3 is 4.57 Å². The van der Waals surface area contributed by atoms with E-state index in [9.17, 15) is 0 Å². The summed E-state index contributed by atoms with van der Waals surface area (Å²) in [5.41, 5.74) is 6.24. The maximum Gasteiger partial charge on any atom is 0.179 e. The van der Waals surface area contributed by atoms with Crippen LogP contribution < -0.4 is 20.7 Å². The van der Waals surface area contributed by atoms with Crippen molar-refractivity contribution in [2.45, 2.75) is 0 Å². The molecule has 0 radical (unpaired) electrons. The van der Waals surface area contributed by atoms with Gasteiger partial charge in [0.2, 0.25) is 0 Å². The van der Waals surface area contributed by atoms with E-state index in [0.717, 1.165) is 33.4 Å². The fourth-order valence-electron chi connectivity index (χ4n) is 8.25. The molecule has 2 heterocycles. The lowest BCUT2D eigenvalue weighted by Gasteiger charge is -2.34. The van der Waals surface area contributed by atoms with Gasteiger partial charge in [-0.2, -0.15) is 0 Å². The molecule has 0 atom stereocenters. The molecule has 0 amide bonds. The summed E-state index contributed by atoms with van der Waals surface area (Å²) in [6.07, 6.45) is 0. The van der Waals surface area contributed by atoms with Gasteiger partial charge in [0.05, 0.1) is 11.0 Å². The lowest BCUT2D eigenvalue weighted by Crippen LogP contribution is -2.74. The maximum absolute atomic E-state index is 4.97. The van der Waals surface area contributed by atoms with Crippen molar-refractivity contribution in [2.24, 2.45) is 0 Å². The van der Waals surface area contributed by atoms with E-state index < -0.39 is 8.07 Å². The van der Waals surface area contributed by atoms with Crippen LogP contribution >= 0.6 is 0 Å². The Morgan fingerprint density at radius 3 is 1.18 bits per heavy atom. The number of hydrogen-bond acceptors (Lipinski definition) is 3. The van der Waals surface area contributed by atoms with Crippen molar-refractivity contribution in [3.05, 3.63) is 218 Å². The van der Waals surface area contributed by atoms with Crippen LogP contribution in [0.4, 0.5) is 0 Å². The van der Waals surface area contributed by atoms with Gasteiger partial charge in [0, 0.05) is 33.2 Å². The predicted molar refractivity (Wildman–Crippen MR) is 234 cm³/mol. The van der Waals surface area contributed by atoms with Crippen molar-refractivity contribution in [1.82, 2.24) is 19.5 Å². The Labute approximate surface area is 327 Å². The highest BCUT2D eigenvalue weighted by molar-refractivity contribution is 7.20. The minimum absolute atomic E-state index is 0.639. The first-order valence-corrected chi connectivity index (χ1v) is 21.0. The lowest BCUT2D eigenvalue weighted by molar-refractivity contribution is 1.07. The molecule has 10 rings (SSSR count). The molecule has 0 saturated heterocycles. The predicted octanol–water partition coefficient (Wildman–Crippen LogP) is 9.35. The number of para-hydroxylation sites is 1. The third-order valence-electron chi connectivity index (χ3n) is 10.8. The van der Waals surface area contributed by atoms with Crippen molar-refractivity contribution < 1.29 is 0 Å². The van der Waals surface area contributed by atoms with Crippen LogP contribution in [-0.2, 0) is 0 Å². The summed E-state index contributed by atoms with van der Waals surface area (Å²) in [7, 11) is -2.71. The van der Waals surface area contributed by atoms with Crippen molar-refractivity contribution in [2.75, 3.05) is 0 Å². The molecule has 4 nitrogen and oxygen atoms in total. The molecular formula is C51H36N4Si. The number of rotatable bonds is 8. The quantitative estimate of drug-likeness (QED) is 0.116. The zero-order valence-electron chi connectivity index (χ0n) is 30.6. The molecule has 0 bridgehead atoms. The number of benzene rings is 8. The van der Waals surface area contributed by atoms with Gasteiger partial charge in [-0.1, -0.05) is 182 Å². The average molecular weight is 733 g/mol. The molecule has 0 aliphatic rings. The third-order valence-corrected chi connectivity index (χ3v) is 15.6. The van der Waals surface area contributed by atoms with E-state index in [-0.39, 0.29) is 0 Å². The Bertz CT molecular complexity index is 2780. The first-order valence-electron chi connectivity index (χ1n) is 19.0. The molecule has 0 aliphatic carbocycles. The molecule has 8 aromatic carbocycles. The summed E-state index contributed by atoms with van der Waals surface area (Å²) in [5.74, 6) is 1.94. The molecule has 5 heteroatoms. The van der Waals surface area contributed by atoms with Crippen LogP contribution in [0.25, 0.3) is 61.7 Å². The first kappa shape index (κ1) is 33.4. The van der Waals surface area contributed by atoms with Crippen LogP contribution in [0.15, 0.2) is 218 Å². The molecule has 0 aliphatic heterocycles. The maximum atomic E-state index is 4.97. The number of fused-ring (bicyclic) bond motifs is 3. The highest BCUT2D eigenvalue weighted by atomic mass is 28.3. The largest absolute Gasteiger partial charge is 0.309 e. The van der Waals surface area contributed by atoms with E-state index in [2.05, 4.69) is 162 Å². The minimum atomic E-state index is -2.71. The molecule has 56 heavy (non-hydrogen) atoms. The van der Waals surface area contributed by atoms with Gasteiger partial charge >= 0.3 is 0 Å². The van der Waals surface area contributed by atoms with E-state index in [1.54, 1.807) is 0 Å². The zero-order valence-corrected chi connectivity index (χ0v) is 31.6. The second-order valence-corrected chi connectivity index (χ2v) is 17.8. The minimum Gasteiger partial charge on any atom is -0.309 e. The number of aromatic nitrogens is 4. The second-order valence-electron chi connectivity index (χ2n) is 14.0. The monoisotopic (exact) mass is 732 g/mol. The summed E-state index contributed by atoms with van der Waals surface area (Å²) in [5, 5.41) is 7.90. The van der Waals surface area contributed by atoms with Gasteiger partial charge in [0.15, 0.2) is 25.5 Å². The summed E-state index contributed by atoms with van der Waals surface area (Å²) in [6, 6.07) is 78.1. The highest BCUT2D eigenvalue weighted by Gasteiger charge is 2.41. The van der Waals surface area contributed by atoms with Crippen molar-refractivity contribution in [3.63, 3.8) is 0 Å². The Morgan fingerprint density at radius 1 is 0.304 bits per heavy atom. The molecule has 0 spiro atoms. The van der Waals surface area contributed by atoms with Crippen molar-refractivity contribution >= 4 is 50.6 Å². The van der Waals surface area contributed by atoms with Crippen LogP contribution in [0, 0.1) is 0 Å². The standard InChI is InChI=1S/C51H36N4Si/c1-6-18-37(19-7-1)49-52-50(38-20-8-2-9-21-38)54-51(53-49)39-30-32-40(33-31-39)55-47-29-17-16-28-45(47)46-36-44(34-35-48(46)55)56(41-22-10-3-11-23-41,42-24-12-4-13-25-42)43-26-14-5-15-27-43/h1-36H. The smallest absolute Gasteiger partial charge is 0.179 e. The van der Waals surface area contributed by atoms with Crippen LogP contribution in [0.1, 0.15) is 0 Å². The molecular weight excluding hydrogens is 697 g/mol. The molecule has 0 unspecified atom stereocenters. The molecule has 264 valence electrons. The van der Waals surface area contributed by atoms with Crippen molar-refractivity contribution in [3.8, 4) is 39.9 Å². The molecule has 2 aromatic heterocycles. The van der Waals surface area contributed by atoms with Gasteiger partial charge in [-0.25, -0.2) is 15.0 Å². The van der Waals surface area contributed by atoms with Crippen LogP contribution in [0.2, 0.25) is 0 Å². The average Bonchev–Trinajstić information content (AvgIpc) is 3.62. The summed E-state index contributed by atoms with van der Waals surface area (Å²) < 4.78 is 2.38. The van der Waals surface area contributed by atoms with Crippen LogP contribution in [0.3, 0.4) is 0 Å². The lowest BCUT2D eigenvalue weighted by atomic mass is 10.1. The van der Waals surface area contributed by atoms with Gasteiger partial charge in [0.25, 0.3) is 0 Å². The summed E-state index contributed by atoms with van der Waals surface area (Å²) in [4.78, 5) is 14.8. The Hall–Kier alpha value is -7.21. The Balaban J connectivity index is 1.13. The van der Waals surface area contributed by atoms with Gasteiger partial charge in [-0.15, -0.1) is 0 Å². The summed E-state index contributed by atoms with van der Waals surface area (Å²) in [6.45, 7) is 0. The van der Waals surface area contributed by atoms with E-state index in [4.69, 9.17) is 15.0 Å². The fraction of sp³-hybridized carbons (Fsp3) is 0. The normalized spacial score (nSPS) is 11.6. The van der Waals surface area contributed by atoms with Crippen molar-refractivity contribution in [1.29, 1.82) is 0 Å². The Morgan fingerprint density at radius 2 is 0.696 bits per heavy atom. The van der Waals surface area contributed by atoms with E-state index >= 15 is 0 Å². The topological polar surface area (TPSA) is 43.6 Å². The van der Waals surface area contributed by atoms with E-state index in [1.165, 1.54) is 31.5 Å². The second kappa shape index (κ2) is 14.2. The van der Waals surface area contributed by atoms with E-state index in [1.807, 2.05) is 60.7 Å². The van der Waals surface area contributed by atoms with Gasteiger partial charge in [-0.3, -0.25) is 0 Å². The molecule has 0 N–H and O–H groups in total. The SMILES string of the molecule is c1ccc(-c2nc(-c3ccccc3)nc(-c3ccc(-n4c5ccccc5c5cc([Si](c6ccccc6)(c6ccccc6)c6ccccc6)ccc54)cc3)n2)cc1. The Kier molecular flexibility index (Phi) is 8.47. The fourth-order valence-corrected chi connectivity index (χ4v) is 13.0. The van der Waals surface area contributed by atoms with Crippen LogP contribution in [0.5, 0.6) is 0 Å².